The Balaban J connectivity index is 3.02. The highest BCUT2D eigenvalue weighted by Crippen LogP contribution is 2.49. The molecule has 0 aliphatic heterocycles. The third-order valence-corrected chi connectivity index (χ3v) is 4.13. The monoisotopic (exact) mass is 256 g/mol. The zero-order valence-corrected chi connectivity index (χ0v) is 10.6. The number of nitrogens with two attached hydrogens (primary N) is 1. The molecule has 0 heterocycles. The molecule has 0 aliphatic rings. The molecule has 0 unspecified atom stereocenters. The van der Waals surface area contributed by atoms with Crippen molar-refractivity contribution in [3.05, 3.63) is 0 Å². The molecule has 0 aliphatic carbocycles. The summed E-state index contributed by atoms with van der Waals surface area (Å²) < 4.78 is 10.5. The maximum absolute atomic E-state index is 10.5. The second kappa shape index (κ2) is 9.63. The molecule has 5 N–H and O–H groups in total. The minimum Gasteiger partial charge on any atom is -0.330 e. The van der Waals surface area contributed by atoms with Crippen LogP contribution >= 0.6 is 18.2 Å². The molecule has 0 spiro atoms. The Hall–Kier alpha value is 0.420. The number of nitrogens with one attached hydrogen (secondary N) is 1. The molecule has 0 aromatic carbocycles. The first-order chi connectivity index (χ1) is 7.06. The smallest absolute Gasteiger partial charge is 0.330 e. The minimum absolute atomic E-state index is 0.451. The van der Waals surface area contributed by atoms with Gasteiger partial charge in [0.25, 0.3) is 0 Å². The molecule has 0 aromatic heterocycles. The van der Waals surface area contributed by atoms with Gasteiger partial charge in [0.2, 0.25) is 0 Å². The van der Waals surface area contributed by atoms with Gasteiger partial charge in [-0.1, -0.05) is 12.8 Å². The van der Waals surface area contributed by atoms with Gasteiger partial charge in [0.05, 0.1) is 0 Å². The first kappa shape index (κ1) is 15.4. The SMILES string of the molecule is NCCCCCCNCCSP(=O)(O)O. The van der Waals surface area contributed by atoms with E-state index in [4.69, 9.17) is 15.5 Å². The average molecular weight is 256 g/mol. The standard InChI is InChI=1S/C8H21N2O3PS/c9-5-3-1-2-4-6-10-7-8-15-14(11,12)13/h10H,1-9H2,(H2,11,12,13). The van der Waals surface area contributed by atoms with Crippen LogP contribution in [0.15, 0.2) is 0 Å². The summed E-state index contributed by atoms with van der Waals surface area (Å²) in [7, 11) is 0. The normalized spacial score (nSPS) is 11.9. The average Bonchev–Trinajstić information content (AvgIpc) is 2.14. The molecule has 0 aromatic rings. The molecule has 0 radical (unpaired) electrons. The Morgan fingerprint density at radius 1 is 1.13 bits per heavy atom. The Kier molecular flexibility index (Phi) is 9.90. The lowest BCUT2D eigenvalue weighted by Gasteiger charge is -2.05. The van der Waals surface area contributed by atoms with Crippen molar-refractivity contribution in [3.8, 4) is 0 Å². The molecule has 0 saturated heterocycles. The Labute approximate surface area is 95.1 Å². The molecule has 0 atom stereocenters. The van der Waals surface area contributed by atoms with Crippen LogP contribution in [-0.4, -0.2) is 35.2 Å². The summed E-state index contributed by atoms with van der Waals surface area (Å²) in [5, 5.41) is 3.14. The number of hydrogen-bond acceptors (Lipinski definition) is 4. The summed E-state index contributed by atoms with van der Waals surface area (Å²) in [5.74, 6) is 0.451. The van der Waals surface area contributed by atoms with Crippen molar-refractivity contribution in [2.24, 2.45) is 5.73 Å². The summed E-state index contributed by atoms with van der Waals surface area (Å²) in [4.78, 5) is 17.1. The molecule has 92 valence electrons. The van der Waals surface area contributed by atoms with Crippen molar-refractivity contribution >= 4 is 18.2 Å². The molecule has 0 saturated carbocycles. The van der Waals surface area contributed by atoms with Crippen LogP contribution in [0.4, 0.5) is 0 Å². The third kappa shape index (κ3) is 14.4. The van der Waals surface area contributed by atoms with E-state index in [9.17, 15) is 4.57 Å². The van der Waals surface area contributed by atoms with Crippen molar-refractivity contribution < 1.29 is 14.4 Å². The summed E-state index contributed by atoms with van der Waals surface area (Å²) in [6, 6.07) is 0. The van der Waals surface area contributed by atoms with Crippen LogP contribution in [0.3, 0.4) is 0 Å². The van der Waals surface area contributed by atoms with Crippen LogP contribution < -0.4 is 11.1 Å². The van der Waals surface area contributed by atoms with Gasteiger partial charge in [0.1, 0.15) is 0 Å². The molecule has 5 nitrogen and oxygen atoms in total. The van der Waals surface area contributed by atoms with E-state index in [1.54, 1.807) is 0 Å². The fraction of sp³-hybridized carbons (Fsp3) is 1.00. The fourth-order valence-corrected chi connectivity index (χ4v) is 2.57. The van der Waals surface area contributed by atoms with Gasteiger partial charge in [-0.25, -0.2) is 4.57 Å². The van der Waals surface area contributed by atoms with Crippen LogP contribution in [0, 0.1) is 0 Å². The van der Waals surface area contributed by atoms with Gasteiger partial charge in [-0.2, -0.15) is 0 Å². The minimum atomic E-state index is -3.87. The first-order valence-electron chi connectivity index (χ1n) is 5.17. The highest BCUT2D eigenvalue weighted by molar-refractivity contribution is 8.54. The zero-order chi connectivity index (χ0) is 11.6. The van der Waals surface area contributed by atoms with Crippen LogP contribution in [-0.2, 0) is 4.57 Å². The molecular formula is C8H21N2O3PS. The lowest BCUT2D eigenvalue weighted by atomic mass is 10.2. The summed E-state index contributed by atoms with van der Waals surface area (Å²) >= 11 is 0.693. The number of unbranched alkanes of at least 4 members (excludes halogenated alkanes) is 3. The van der Waals surface area contributed by atoms with Gasteiger partial charge in [-0.3, -0.25) is 0 Å². The van der Waals surface area contributed by atoms with Crippen LogP contribution in [0.5, 0.6) is 0 Å². The molecule has 15 heavy (non-hydrogen) atoms. The van der Waals surface area contributed by atoms with Crippen LogP contribution in [0.25, 0.3) is 0 Å². The topological polar surface area (TPSA) is 95.6 Å². The molecule has 0 amide bonds. The second-order valence-corrected chi connectivity index (χ2v) is 7.13. The van der Waals surface area contributed by atoms with E-state index < -0.39 is 6.80 Å². The summed E-state index contributed by atoms with van der Waals surface area (Å²) in [6.45, 7) is -1.56. The van der Waals surface area contributed by atoms with Crippen LogP contribution in [0.2, 0.25) is 0 Å². The van der Waals surface area contributed by atoms with E-state index in [-0.39, 0.29) is 0 Å². The van der Waals surface area contributed by atoms with Gasteiger partial charge in [0.15, 0.2) is 0 Å². The molecule has 0 rings (SSSR count). The van der Waals surface area contributed by atoms with Crippen molar-refractivity contribution in [2.75, 3.05) is 25.4 Å². The van der Waals surface area contributed by atoms with Gasteiger partial charge in [-0.15, -0.1) is 0 Å². The Morgan fingerprint density at radius 3 is 2.40 bits per heavy atom. The number of hydrogen-bond donors (Lipinski definition) is 4. The van der Waals surface area contributed by atoms with Crippen molar-refractivity contribution in [2.45, 2.75) is 25.7 Å². The van der Waals surface area contributed by atoms with Crippen molar-refractivity contribution in [3.63, 3.8) is 0 Å². The highest BCUT2D eigenvalue weighted by atomic mass is 32.7. The van der Waals surface area contributed by atoms with E-state index >= 15 is 0 Å². The zero-order valence-electron chi connectivity index (χ0n) is 8.89. The van der Waals surface area contributed by atoms with Gasteiger partial charge in [0, 0.05) is 12.3 Å². The Morgan fingerprint density at radius 2 is 1.80 bits per heavy atom. The van der Waals surface area contributed by atoms with E-state index in [1.807, 2.05) is 0 Å². The van der Waals surface area contributed by atoms with E-state index in [1.165, 1.54) is 0 Å². The maximum atomic E-state index is 10.5. The van der Waals surface area contributed by atoms with Crippen LogP contribution in [0.1, 0.15) is 25.7 Å². The quantitative estimate of drug-likeness (QED) is 0.343. The predicted molar refractivity (Wildman–Crippen MR) is 64.9 cm³/mol. The molecule has 7 heteroatoms. The molecule has 0 bridgehead atoms. The van der Waals surface area contributed by atoms with Crippen molar-refractivity contribution in [1.82, 2.24) is 5.32 Å². The maximum Gasteiger partial charge on any atom is 0.384 e. The van der Waals surface area contributed by atoms with Gasteiger partial charge >= 0.3 is 6.80 Å². The lowest BCUT2D eigenvalue weighted by Crippen LogP contribution is -2.18. The van der Waals surface area contributed by atoms with Crippen molar-refractivity contribution in [1.29, 1.82) is 0 Å². The number of rotatable bonds is 10. The van der Waals surface area contributed by atoms with Gasteiger partial charge in [-0.05, 0) is 37.3 Å². The van der Waals surface area contributed by atoms with E-state index in [0.29, 0.717) is 23.7 Å². The van der Waals surface area contributed by atoms with E-state index in [0.717, 1.165) is 38.8 Å². The second-order valence-electron chi connectivity index (χ2n) is 3.28. The predicted octanol–water partition coefficient (Wildman–Crippen LogP) is 0.921. The van der Waals surface area contributed by atoms with E-state index in [2.05, 4.69) is 5.32 Å². The third-order valence-electron chi connectivity index (χ3n) is 1.85. The fourth-order valence-electron chi connectivity index (χ4n) is 1.11. The molecular weight excluding hydrogens is 235 g/mol. The summed E-state index contributed by atoms with van der Waals surface area (Å²) in [5.41, 5.74) is 5.36. The Bertz CT molecular complexity index is 189. The van der Waals surface area contributed by atoms with Gasteiger partial charge < -0.3 is 20.8 Å². The first-order valence-corrected chi connectivity index (χ1v) is 8.37. The highest BCUT2D eigenvalue weighted by Gasteiger charge is 2.11. The molecule has 0 fully saturated rings. The lowest BCUT2D eigenvalue weighted by molar-refractivity contribution is 0.397. The summed E-state index contributed by atoms with van der Waals surface area (Å²) in [6.07, 6.45) is 4.50. The largest absolute Gasteiger partial charge is 0.384 e.